The smallest absolute Gasteiger partial charge is 0.326 e. The summed E-state index contributed by atoms with van der Waals surface area (Å²) in [6, 6.07) is -1.18. The molecule has 0 rings (SSSR count). The van der Waals surface area contributed by atoms with Crippen LogP contribution in [0.1, 0.15) is 12.8 Å². The van der Waals surface area contributed by atoms with Crippen molar-refractivity contribution >= 4 is 17.8 Å². The summed E-state index contributed by atoms with van der Waals surface area (Å²) in [5, 5.41) is 22.1. The van der Waals surface area contributed by atoms with Crippen molar-refractivity contribution in [3.63, 3.8) is 0 Å². The molecule has 0 fully saturated rings. The minimum atomic E-state index is -1.25. The van der Waals surface area contributed by atoms with Gasteiger partial charge in [0.1, 0.15) is 6.04 Å². The first-order chi connectivity index (χ1) is 7.97. The number of aliphatic carboxylic acids is 2. The normalized spacial score (nSPS) is 11.5. The van der Waals surface area contributed by atoms with Gasteiger partial charge in [0, 0.05) is 13.0 Å². The lowest BCUT2D eigenvalue weighted by Crippen LogP contribution is -2.44. The van der Waals surface area contributed by atoms with Gasteiger partial charge in [-0.1, -0.05) is 6.08 Å². The summed E-state index contributed by atoms with van der Waals surface area (Å²) in [7, 11) is 0. The van der Waals surface area contributed by atoms with Crippen LogP contribution in [-0.2, 0) is 14.4 Å². The Morgan fingerprint density at radius 2 is 1.94 bits per heavy atom. The number of nitrogens with one attached hydrogen (secondary N) is 2. The van der Waals surface area contributed by atoms with E-state index in [1.807, 2.05) is 0 Å². The molecule has 0 aromatic carbocycles. The monoisotopic (exact) mass is 244 g/mol. The Balaban J connectivity index is 4.06. The zero-order valence-corrected chi connectivity index (χ0v) is 9.31. The molecule has 0 radical (unpaired) electrons. The number of carbonyl (C=O) groups excluding carboxylic acids is 1. The Labute approximate surface area is 98.5 Å². The fourth-order valence-corrected chi connectivity index (χ4v) is 1.06. The Morgan fingerprint density at radius 3 is 2.41 bits per heavy atom. The summed E-state index contributed by atoms with van der Waals surface area (Å²) in [5.74, 6) is -2.84. The highest BCUT2D eigenvalue weighted by Gasteiger charge is 2.20. The maximum atomic E-state index is 11.3. The first-order valence-corrected chi connectivity index (χ1v) is 5.03. The van der Waals surface area contributed by atoms with E-state index in [4.69, 9.17) is 10.2 Å². The summed E-state index contributed by atoms with van der Waals surface area (Å²) in [5.41, 5.74) is 0. The summed E-state index contributed by atoms with van der Waals surface area (Å²) in [4.78, 5) is 32.3. The first kappa shape index (κ1) is 15.1. The van der Waals surface area contributed by atoms with Crippen molar-refractivity contribution in [1.29, 1.82) is 0 Å². The summed E-state index contributed by atoms with van der Waals surface area (Å²) in [6.45, 7) is 3.83. The van der Waals surface area contributed by atoms with E-state index in [0.29, 0.717) is 6.54 Å². The molecule has 0 aliphatic heterocycles. The van der Waals surface area contributed by atoms with Gasteiger partial charge in [0.2, 0.25) is 5.91 Å². The van der Waals surface area contributed by atoms with Crippen LogP contribution in [0.4, 0.5) is 0 Å². The summed E-state index contributed by atoms with van der Waals surface area (Å²) in [6.07, 6.45) is 1.11. The maximum absolute atomic E-state index is 11.3. The lowest BCUT2D eigenvalue weighted by atomic mass is 10.1. The summed E-state index contributed by atoms with van der Waals surface area (Å²) >= 11 is 0. The largest absolute Gasteiger partial charge is 0.481 e. The predicted molar refractivity (Wildman–Crippen MR) is 59.5 cm³/mol. The van der Waals surface area contributed by atoms with Crippen LogP contribution in [0.3, 0.4) is 0 Å². The van der Waals surface area contributed by atoms with Gasteiger partial charge in [0.05, 0.1) is 6.54 Å². The second-order valence-corrected chi connectivity index (χ2v) is 3.31. The van der Waals surface area contributed by atoms with Crippen molar-refractivity contribution in [2.45, 2.75) is 18.9 Å². The molecule has 0 heterocycles. The fourth-order valence-electron chi connectivity index (χ4n) is 1.06. The molecule has 0 saturated carbocycles. The third-order valence-electron chi connectivity index (χ3n) is 1.85. The zero-order chi connectivity index (χ0) is 13.3. The van der Waals surface area contributed by atoms with Gasteiger partial charge in [-0.2, -0.15) is 0 Å². The second-order valence-electron chi connectivity index (χ2n) is 3.31. The molecule has 0 spiro atoms. The molecule has 96 valence electrons. The third kappa shape index (κ3) is 7.97. The van der Waals surface area contributed by atoms with E-state index in [2.05, 4.69) is 17.2 Å². The average molecular weight is 244 g/mol. The molecule has 1 atom stereocenters. The quantitative estimate of drug-likeness (QED) is 0.311. The number of hydrogen-bond acceptors (Lipinski definition) is 4. The number of carboxylic acid groups (broad SMARTS) is 2. The van der Waals surface area contributed by atoms with Crippen LogP contribution in [0.2, 0.25) is 0 Å². The van der Waals surface area contributed by atoms with Gasteiger partial charge < -0.3 is 20.8 Å². The molecular formula is C10H16N2O5. The molecule has 0 aromatic heterocycles. The van der Waals surface area contributed by atoms with E-state index < -0.39 is 23.9 Å². The van der Waals surface area contributed by atoms with E-state index >= 15 is 0 Å². The van der Waals surface area contributed by atoms with Gasteiger partial charge in [-0.05, 0) is 6.42 Å². The van der Waals surface area contributed by atoms with Gasteiger partial charge >= 0.3 is 11.9 Å². The highest BCUT2D eigenvalue weighted by Crippen LogP contribution is 1.97. The van der Waals surface area contributed by atoms with E-state index in [1.165, 1.54) is 0 Å². The molecule has 0 saturated heterocycles. The first-order valence-electron chi connectivity index (χ1n) is 5.03. The van der Waals surface area contributed by atoms with Crippen LogP contribution >= 0.6 is 0 Å². The van der Waals surface area contributed by atoms with Gasteiger partial charge in [-0.3, -0.25) is 9.59 Å². The average Bonchev–Trinajstić information content (AvgIpc) is 2.23. The fraction of sp³-hybridized carbons (Fsp3) is 0.500. The molecular weight excluding hydrogens is 228 g/mol. The molecule has 0 aromatic rings. The Bertz CT molecular complexity index is 303. The number of rotatable bonds is 9. The molecule has 0 aliphatic carbocycles. The number of hydrogen-bond donors (Lipinski definition) is 4. The zero-order valence-electron chi connectivity index (χ0n) is 9.31. The van der Waals surface area contributed by atoms with Crippen LogP contribution in [0, 0.1) is 0 Å². The molecule has 4 N–H and O–H groups in total. The van der Waals surface area contributed by atoms with Crippen LogP contribution in [-0.4, -0.2) is 47.2 Å². The molecule has 7 heteroatoms. The number of carbonyl (C=O) groups is 3. The Hall–Kier alpha value is -1.89. The van der Waals surface area contributed by atoms with Crippen molar-refractivity contribution < 1.29 is 24.6 Å². The van der Waals surface area contributed by atoms with Crippen LogP contribution in [0.25, 0.3) is 0 Å². The third-order valence-corrected chi connectivity index (χ3v) is 1.85. The minimum Gasteiger partial charge on any atom is -0.481 e. The van der Waals surface area contributed by atoms with Gasteiger partial charge in [-0.15, -0.1) is 6.58 Å². The van der Waals surface area contributed by atoms with E-state index in [0.717, 1.165) is 0 Å². The van der Waals surface area contributed by atoms with Crippen molar-refractivity contribution in [2.75, 3.05) is 13.1 Å². The minimum absolute atomic E-state index is 0.0388. The Morgan fingerprint density at radius 1 is 1.29 bits per heavy atom. The molecule has 7 nitrogen and oxygen atoms in total. The number of amides is 1. The molecule has 1 amide bonds. The highest BCUT2D eigenvalue weighted by atomic mass is 16.4. The van der Waals surface area contributed by atoms with Gasteiger partial charge in [-0.25, -0.2) is 4.79 Å². The van der Waals surface area contributed by atoms with Crippen molar-refractivity contribution in [2.24, 2.45) is 0 Å². The van der Waals surface area contributed by atoms with Crippen molar-refractivity contribution in [3.05, 3.63) is 12.7 Å². The highest BCUT2D eigenvalue weighted by molar-refractivity contribution is 5.85. The van der Waals surface area contributed by atoms with Crippen LogP contribution in [0.15, 0.2) is 12.7 Å². The lowest BCUT2D eigenvalue weighted by Gasteiger charge is -2.13. The van der Waals surface area contributed by atoms with Gasteiger partial charge in [0.25, 0.3) is 0 Å². The maximum Gasteiger partial charge on any atom is 0.326 e. The van der Waals surface area contributed by atoms with Gasteiger partial charge in [0.15, 0.2) is 0 Å². The standard InChI is InChI=1S/C10H16N2O5/c1-2-5-11-6-8(13)12-7(10(16)17)3-4-9(14)15/h2,7,11H,1,3-6H2,(H,12,13)(H,14,15)(H,16,17)/t7-/m0/s1. The molecule has 0 aliphatic rings. The number of carboxylic acids is 2. The predicted octanol–water partition coefficient (Wildman–Crippen LogP) is -0.804. The molecule has 0 bridgehead atoms. The second kappa shape index (κ2) is 8.28. The van der Waals surface area contributed by atoms with E-state index in [9.17, 15) is 14.4 Å². The SMILES string of the molecule is C=CCNCC(=O)N[C@@H](CCC(=O)O)C(=O)O. The topological polar surface area (TPSA) is 116 Å². The molecule has 0 unspecified atom stereocenters. The van der Waals surface area contributed by atoms with Crippen LogP contribution < -0.4 is 10.6 Å². The van der Waals surface area contributed by atoms with E-state index in [-0.39, 0.29) is 19.4 Å². The van der Waals surface area contributed by atoms with Crippen LogP contribution in [0.5, 0.6) is 0 Å². The Kier molecular flexibility index (Phi) is 7.36. The summed E-state index contributed by atoms with van der Waals surface area (Å²) < 4.78 is 0. The lowest BCUT2D eigenvalue weighted by molar-refractivity contribution is -0.142. The van der Waals surface area contributed by atoms with E-state index in [1.54, 1.807) is 6.08 Å². The molecule has 17 heavy (non-hydrogen) atoms. The van der Waals surface area contributed by atoms with Crippen molar-refractivity contribution in [3.8, 4) is 0 Å². The van der Waals surface area contributed by atoms with Crippen molar-refractivity contribution in [1.82, 2.24) is 10.6 Å².